The topological polar surface area (TPSA) is 72.3 Å². The summed E-state index contributed by atoms with van der Waals surface area (Å²) in [6.07, 6.45) is 2.01. The standard InChI is InChI=1S/C12H19N3O3S/c1-3-15-12(16)8-10-9-14(5-4-11(10)13-15)6-7-19(2,17)18/h8H,3-7,9H2,1-2H3. The van der Waals surface area contributed by atoms with Crippen LogP contribution in [0.15, 0.2) is 10.9 Å². The van der Waals surface area contributed by atoms with E-state index < -0.39 is 9.84 Å². The molecule has 0 bridgehead atoms. The SMILES string of the molecule is CCn1nc2c(cc1=O)CN(CCS(C)(=O)=O)CC2. The lowest BCUT2D eigenvalue weighted by Gasteiger charge is -2.27. The monoisotopic (exact) mass is 285 g/mol. The molecule has 1 aromatic heterocycles. The molecule has 0 radical (unpaired) electrons. The molecule has 0 aromatic carbocycles. The summed E-state index contributed by atoms with van der Waals surface area (Å²) in [5, 5.41) is 4.33. The minimum atomic E-state index is -2.94. The van der Waals surface area contributed by atoms with Crippen LogP contribution in [0.25, 0.3) is 0 Å². The van der Waals surface area contributed by atoms with E-state index >= 15 is 0 Å². The number of fused-ring (bicyclic) bond motifs is 1. The fourth-order valence-corrected chi connectivity index (χ4v) is 2.80. The molecule has 0 saturated heterocycles. The van der Waals surface area contributed by atoms with E-state index in [0.29, 0.717) is 19.6 Å². The molecule has 1 aliphatic rings. The van der Waals surface area contributed by atoms with Crippen LogP contribution >= 0.6 is 0 Å². The quantitative estimate of drug-likeness (QED) is 0.757. The smallest absolute Gasteiger partial charge is 0.267 e. The molecule has 0 fully saturated rings. The van der Waals surface area contributed by atoms with Gasteiger partial charge in [-0.1, -0.05) is 0 Å². The molecule has 1 aliphatic heterocycles. The Hall–Kier alpha value is -1.21. The summed E-state index contributed by atoms with van der Waals surface area (Å²) in [6.45, 7) is 4.37. The summed E-state index contributed by atoms with van der Waals surface area (Å²) in [7, 11) is -2.94. The fraction of sp³-hybridized carbons (Fsp3) is 0.667. The van der Waals surface area contributed by atoms with E-state index in [9.17, 15) is 13.2 Å². The van der Waals surface area contributed by atoms with Crippen LogP contribution < -0.4 is 5.56 Å². The molecule has 6 nitrogen and oxygen atoms in total. The molecular weight excluding hydrogens is 266 g/mol. The molecular formula is C12H19N3O3S. The Morgan fingerprint density at radius 2 is 2.16 bits per heavy atom. The summed E-state index contributed by atoms with van der Waals surface area (Å²) in [4.78, 5) is 13.8. The van der Waals surface area contributed by atoms with Crippen molar-refractivity contribution in [1.82, 2.24) is 14.7 Å². The predicted molar refractivity (Wildman–Crippen MR) is 72.9 cm³/mol. The third kappa shape index (κ3) is 3.63. The minimum absolute atomic E-state index is 0.0915. The van der Waals surface area contributed by atoms with Gasteiger partial charge < -0.3 is 0 Å². The average Bonchev–Trinajstić information content (AvgIpc) is 2.34. The van der Waals surface area contributed by atoms with Gasteiger partial charge in [0, 0.05) is 44.9 Å². The molecule has 0 N–H and O–H groups in total. The van der Waals surface area contributed by atoms with E-state index in [1.54, 1.807) is 6.07 Å². The van der Waals surface area contributed by atoms with E-state index in [1.165, 1.54) is 10.9 Å². The van der Waals surface area contributed by atoms with Crippen molar-refractivity contribution < 1.29 is 8.42 Å². The number of hydrogen-bond donors (Lipinski definition) is 0. The maximum atomic E-state index is 11.7. The predicted octanol–water partition coefficient (Wildman–Crippen LogP) is -0.334. The number of hydrogen-bond acceptors (Lipinski definition) is 5. The third-order valence-corrected chi connectivity index (χ3v) is 4.22. The maximum Gasteiger partial charge on any atom is 0.267 e. The summed E-state index contributed by atoms with van der Waals surface area (Å²) >= 11 is 0. The molecule has 0 saturated carbocycles. The van der Waals surface area contributed by atoms with Crippen molar-refractivity contribution in [2.75, 3.05) is 25.1 Å². The van der Waals surface area contributed by atoms with Crippen LogP contribution in [0.2, 0.25) is 0 Å². The Morgan fingerprint density at radius 3 is 2.79 bits per heavy atom. The Kier molecular flexibility index (Phi) is 4.05. The van der Waals surface area contributed by atoms with Gasteiger partial charge in [-0.3, -0.25) is 9.69 Å². The van der Waals surface area contributed by atoms with Crippen molar-refractivity contribution in [3.8, 4) is 0 Å². The first-order valence-electron chi connectivity index (χ1n) is 6.39. The molecule has 2 rings (SSSR count). The minimum Gasteiger partial charge on any atom is -0.298 e. The molecule has 0 atom stereocenters. The molecule has 0 aliphatic carbocycles. The van der Waals surface area contributed by atoms with Crippen molar-refractivity contribution in [2.24, 2.45) is 0 Å². The van der Waals surface area contributed by atoms with Crippen molar-refractivity contribution >= 4 is 9.84 Å². The number of aromatic nitrogens is 2. The van der Waals surface area contributed by atoms with Crippen LogP contribution in [0.1, 0.15) is 18.2 Å². The Bertz CT molecular complexity index is 622. The number of aryl methyl sites for hydroxylation is 1. The van der Waals surface area contributed by atoms with Gasteiger partial charge in [-0.25, -0.2) is 13.1 Å². The lowest BCUT2D eigenvalue weighted by atomic mass is 10.1. The van der Waals surface area contributed by atoms with E-state index in [1.807, 2.05) is 6.92 Å². The summed E-state index contributed by atoms with van der Waals surface area (Å²) in [5.41, 5.74) is 1.79. The highest BCUT2D eigenvalue weighted by molar-refractivity contribution is 7.90. The van der Waals surface area contributed by atoms with Gasteiger partial charge in [0.05, 0.1) is 11.4 Å². The van der Waals surface area contributed by atoms with Gasteiger partial charge in [-0.15, -0.1) is 0 Å². The average molecular weight is 285 g/mol. The van der Waals surface area contributed by atoms with Crippen molar-refractivity contribution in [3.63, 3.8) is 0 Å². The van der Waals surface area contributed by atoms with Gasteiger partial charge >= 0.3 is 0 Å². The van der Waals surface area contributed by atoms with Gasteiger partial charge in [0.15, 0.2) is 0 Å². The molecule has 0 spiro atoms. The zero-order valence-corrected chi connectivity index (χ0v) is 12.1. The Morgan fingerprint density at radius 1 is 1.42 bits per heavy atom. The van der Waals surface area contributed by atoms with Crippen LogP contribution in [-0.2, 0) is 29.3 Å². The lowest BCUT2D eigenvalue weighted by Crippen LogP contribution is -2.37. The van der Waals surface area contributed by atoms with E-state index in [0.717, 1.165) is 24.2 Å². The van der Waals surface area contributed by atoms with Crippen LogP contribution in [-0.4, -0.2) is 48.2 Å². The van der Waals surface area contributed by atoms with Crippen molar-refractivity contribution in [2.45, 2.75) is 26.4 Å². The first-order valence-corrected chi connectivity index (χ1v) is 8.45. The van der Waals surface area contributed by atoms with Crippen LogP contribution in [0, 0.1) is 0 Å². The molecule has 0 amide bonds. The second kappa shape index (κ2) is 5.42. The molecule has 7 heteroatoms. The summed E-state index contributed by atoms with van der Waals surface area (Å²) in [6, 6.07) is 1.62. The van der Waals surface area contributed by atoms with E-state index in [2.05, 4.69) is 10.00 Å². The first-order chi connectivity index (χ1) is 8.89. The van der Waals surface area contributed by atoms with Crippen LogP contribution in [0.3, 0.4) is 0 Å². The van der Waals surface area contributed by atoms with Gasteiger partial charge in [-0.05, 0) is 12.5 Å². The number of nitrogens with zero attached hydrogens (tertiary/aromatic N) is 3. The molecule has 106 valence electrons. The van der Waals surface area contributed by atoms with Gasteiger partial charge in [0.25, 0.3) is 5.56 Å². The first kappa shape index (κ1) is 14.2. The summed E-state index contributed by atoms with van der Waals surface area (Å²) in [5.74, 6) is 0.155. The van der Waals surface area contributed by atoms with Crippen molar-refractivity contribution in [3.05, 3.63) is 27.7 Å². The zero-order chi connectivity index (χ0) is 14.0. The maximum absolute atomic E-state index is 11.7. The molecule has 1 aromatic rings. The second-order valence-corrected chi connectivity index (χ2v) is 7.19. The molecule has 0 unspecified atom stereocenters. The fourth-order valence-electron chi connectivity index (χ4n) is 2.21. The largest absolute Gasteiger partial charge is 0.298 e. The van der Waals surface area contributed by atoms with E-state index in [-0.39, 0.29) is 11.3 Å². The molecule has 19 heavy (non-hydrogen) atoms. The van der Waals surface area contributed by atoms with E-state index in [4.69, 9.17) is 0 Å². The molecule has 2 heterocycles. The summed E-state index contributed by atoms with van der Waals surface area (Å²) < 4.78 is 23.8. The second-order valence-electron chi connectivity index (χ2n) is 4.93. The van der Waals surface area contributed by atoms with Crippen molar-refractivity contribution in [1.29, 1.82) is 0 Å². The van der Waals surface area contributed by atoms with Crippen LogP contribution in [0.5, 0.6) is 0 Å². The third-order valence-electron chi connectivity index (χ3n) is 3.30. The number of rotatable bonds is 4. The number of sulfone groups is 1. The van der Waals surface area contributed by atoms with Gasteiger partial charge in [-0.2, -0.15) is 5.10 Å². The Balaban J connectivity index is 2.12. The van der Waals surface area contributed by atoms with Gasteiger partial charge in [0.1, 0.15) is 9.84 Å². The highest BCUT2D eigenvalue weighted by Gasteiger charge is 2.19. The highest BCUT2D eigenvalue weighted by atomic mass is 32.2. The van der Waals surface area contributed by atoms with Gasteiger partial charge in [0.2, 0.25) is 0 Å². The Labute approximate surface area is 113 Å². The van der Waals surface area contributed by atoms with Crippen LogP contribution in [0.4, 0.5) is 0 Å². The zero-order valence-electron chi connectivity index (χ0n) is 11.3. The normalized spacial score (nSPS) is 16.3. The lowest BCUT2D eigenvalue weighted by molar-refractivity contribution is 0.263. The highest BCUT2D eigenvalue weighted by Crippen LogP contribution is 2.14.